The molecular formula is C8H17N2OS. The van der Waals surface area contributed by atoms with Crippen LogP contribution in [-0.2, 0) is 4.79 Å². The summed E-state index contributed by atoms with van der Waals surface area (Å²) in [5, 5.41) is 0. The van der Waals surface area contributed by atoms with Crippen molar-refractivity contribution in [1.29, 1.82) is 0 Å². The van der Waals surface area contributed by atoms with Crippen molar-refractivity contribution in [3.05, 3.63) is 6.42 Å². The standard InChI is InChI=1S/C8H17N2OS/c1-10(2)5-3-6-12-7-4-8(9)11/h4H,3,5-7H2,1-2H3,(H2,9,11). The van der Waals surface area contributed by atoms with Gasteiger partial charge >= 0.3 is 0 Å². The smallest absolute Gasteiger partial charge is 0.222 e. The van der Waals surface area contributed by atoms with Crippen molar-refractivity contribution in [3.8, 4) is 0 Å². The third kappa shape index (κ3) is 9.78. The summed E-state index contributed by atoms with van der Waals surface area (Å²) in [6, 6.07) is 0. The van der Waals surface area contributed by atoms with E-state index in [2.05, 4.69) is 19.0 Å². The molecule has 0 atom stereocenters. The normalized spacial score (nSPS) is 10.6. The van der Waals surface area contributed by atoms with Crippen LogP contribution in [-0.4, -0.2) is 43.0 Å². The van der Waals surface area contributed by atoms with Gasteiger partial charge in [-0.05, 0) is 32.8 Å². The van der Waals surface area contributed by atoms with E-state index >= 15 is 0 Å². The average molecular weight is 189 g/mol. The maximum atomic E-state index is 10.3. The number of carbonyl (C=O) groups is 1. The molecule has 0 heterocycles. The Bertz CT molecular complexity index is 128. The molecule has 71 valence electrons. The van der Waals surface area contributed by atoms with Crippen LogP contribution in [0, 0.1) is 6.42 Å². The molecule has 0 aliphatic carbocycles. The van der Waals surface area contributed by atoms with E-state index in [9.17, 15) is 4.79 Å². The highest BCUT2D eigenvalue weighted by Gasteiger charge is 1.95. The van der Waals surface area contributed by atoms with E-state index in [0.717, 1.165) is 24.5 Å². The Morgan fingerprint density at radius 3 is 2.75 bits per heavy atom. The largest absolute Gasteiger partial charge is 0.369 e. The van der Waals surface area contributed by atoms with Gasteiger partial charge in [0, 0.05) is 5.75 Å². The molecule has 0 aromatic carbocycles. The summed E-state index contributed by atoms with van der Waals surface area (Å²) in [5.74, 6) is 1.50. The molecule has 0 unspecified atom stereocenters. The molecule has 0 aliphatic rings. The molecule has 1 radical (unpaired) electrons. The van der Waals surface area contributed by atoms with Crippen molar-refractivity contribution in [1.82, 2.24) is 4.90 Å². The van der Waals surface area contributed by atoms with Crippen LogP contribution in [0.5, 0.6) is 0 Å². The molecular weight excluding hydrogens is 172 g/mol. The van der Waals surface area contributed by atoms with Crippen LogP contribution in [0.1, 0.15) is 6.42 Å². The number of carbonyl (C=O) groups excluding carboxylic acids is 1. The molecule has 0 saturated carbocycles. The number of nitrogens with zero attached hydrogens (tertiary/aromatic N) is 1. The zero-order chi connectivity index (χ0) is 9.40. The number of hydrogen-bond acceptors (Lipinski definition) is 3. The van der Waals surface area contributed by atoms with Gasteiger partial charge in [-0.2, -0.15) is 11.8 Å². The number of primary amides is 1. The first-order valence-electron chi connectivity index (χ1n) is 3.98. The molecule has 2 N–H and O–H groups in total. The Balaban J connectivity index is 2.96. The number of thioether (sulfide) groups is 1. The maximum absolute atomic E-state index is 10.3. The van der Waals surface area contributed by atoms with Crippen LogP contribution in [0.2, 0.25) is 0 Å². The van der Waals surface area contributed by atoms with Crippen molar-refractivity contribution < 1.29 is 4.79 Å². The van der Waals surface area contributed by atoms with Crippen LogP contribution < -0.4 is 5.73 Å². The summed E-state index contributed by atoms with van der Waals surface area (Å²) >= 11 is 1.74. The molecule has 0 rings (SSSR count). The highest BCUT2D eigenvalue weighted by molar-refractivity contribution is 7.99. The van der Waals surface area contributed by atoms with E-state index in [-0.39, 0.29) is 5.91 Å². The fourth-order valence-electron chi connectivity index (χ4n) is 0.707. The van der Waals surface area contributed by atoms with Crippen LogP contribution in [0.15, 0.2) is 0 Å². The van der Waals surface area contributed by atoms with E-state index in [4.69, 9.17) is 5.73 Å². The molecule has 0 saturated heterocycles. The average Bonchev–Trinajstić information content (AvgIpc) is 1.95. The summed E-state index contributed by atoms with van der Waals surface area (Å²) in [5.41, 5.74) is 4.94. The van der Waals surface area contributed by atoms with Crippen LogP contribution in [0.25, 0.3) is 0 Å². The minimum absolute atomic E-state index is 0.324. The van der Waals surface area contributed by atoms with Crippen molar-refractivity contribution in [2.75, 3.05) is 32.1 Å². The third-order valence-corrected chi connectivity index (χ3v) is 2.28. The lowest BCUT2D eigenvalue weighted by Gasteiger charge is -2.07. The molecule has 0 bridgehead atoms. The monoisotopic (exact) mass is 189 g/mol. The first-order valence-corrected chi connectivity index (χ1v) is 5.13. The van der Waals surface area contributed by atoms with Crippen molar-refractivity contribution >= 4 is 17.7 Å². The zero-order valence-electron chi connectivity index (χ0n) is 7.75. The van der Waals surface area contributed by atoms with E-state index in [1.54, 1.807) is 11.8 Å². The lowest BCUT2D eigenvalue weighted by molar-refractivity contribution is -0.114. The van der Waals surface area contributed by atoms with Crippen LogP contribution in [0.4, 0.5) is 0 Å². The van der Waals surface area contributed by atoms with E-state index < -0.39 is 0 Å². The first-order chi connectivity index (χ1) is 5.63. The lowest BCUT2D eigenvalue weighted by atomic mass is 10.5. The fraction of sp³-hybridized carbons (Fsp3) is 0.750. The number of amides is 1. The van der Waals surface area contributed by atoms with Gasteiger partial charge in [-0.1, -0.05) is 0 Å². The summed E-state index contributed by atoms with van der Waals surface area (Å²) in [7, 11) is 4.11. The Morgan fingerprint density at radius 2 is 2.25 bits per heavy atom. The van der Waals surface area contributed by atoms with Gasteiger partial charge in [0.05, 0.1) is 6.42 Å². The van der Waals surface area contributed by atoms with Crippen molar-refractivity contribution in [3.63, 3.8) is 0 Å². The maximum Gasteiger partial charge on any atom is 0.222 e. The molecule has 0 aliphatic heterocycles. The van der Waals surface area contributed by atoms with Gasteiger partial charge in [0.25, 0.3) is 0 Å². The lowest BCUT2D eigenvalue weighted by Crippen LogP contribution is -2.14. The summed E-state index contributed by atoms with van der Waals surface area (Å²) in [6.45, 7) is 1.10. The second-order valence-corrected chi connectivity index (χ2v) is 3.99. The second-order valence-electron chi connectivity index (χ2n) is 2.84. The highest BCUT2D eigenvalue weighted by atomic mass is 32.2. The molecule has 0 fully saturated rings. The fourth-order valence-corrected chi connectivity index (χ4v) is 1.49. The van der Waals surface area contributed by atoms with Gasteiger partial charge in [0.15, 0.2) is 0 Å². The minimum atomic E-state index is -0.324. The van der Waals surface area contributed by atoms with Crippen LogP contribution in [0.3, 0.4) is 0 Å². The SMILES string of the molecule is CN(C)CCCSC[CH]C(N)=O. The summed E-state index contributed by atoms with van der Waals surface area (Å²) in [4.78, 5) is 12.4. The van der Waals surface area contributed by atoms with E-state index in [1.165, 1.54) is 6.42 Å². The molecule has 0 aromatic rings. The summed E-state index contributed by atoms with van der Waals surface area (Å²) < 4.78 is 0. The Labute approximate surface area is 78.7 Å². The minimum Gasteiger partial charge on any atom is -0.369 e. The zero-order valence-corrected chi connectivity index (χ0v) is 8.56. The second kappa shape index (κ2) is 7.43. The Hall–Kier alpha value is -0.220. The highest BCUT2D eigenvalue weighted by Crippen LogP contribution is 2.03. The predicted octanol–water partition coefficient (Wildman–Crippen LogP) is 0.361. The van der Waals surface area contributed by atoms with E-state index in [1.807, 2.05) is 0 Å². The molecule has 3 nitrogen and oxygen atoms in total. The molecule has 4 heteroatoms. The van der Waals surface area contributed by atoms with E-state index in [0.29, 0.717) is 0 Å². The van der Waals surface area contributed by atoms with Crippen molar-refractivity contribution in [2.24, 2.45) is 5.73 Å². The Kier molecular flexibility index (Phi) is 7.29. The van der Waals surface area contributed by atoms with Gasteiger partial charge < -0.3 is 10.6 Å². The number of hydrogen-bond donors (Lipinski definition) is 1. The molecule has 0 spiro atoms. The van der Waals surface area contributed by atoms with Crippen molar-refractivity contribution in [2.45, 2.75) is 6.42 Å². The number of rotatable bonds is 7. The molecule has 12 heavy (non-hydrogen) atoms. The van der Waals surface area contributed by atoms with Gasteiger partial charge in [-0.15, -0.1) is 0 Å². The number of nitrogens with two attached hydrogens (primary N) is 1. The Morgan fingerprint density at radius 1 is 1.58 bits per heavy atom. The van der Waals surface area contributed by atoms with Gasteiger partial charge in [0.2, 0.25) is 5.91 Å². The third-order valence-electron chi connectivity index (χ3n) is 1.30. The van der Waals surface area contributed by atoms with Gasteiger partial charge in [-0.25, -0.2) is 0 Å². The quantitative estimate of drug-likeness (QED) is 0.588. The van der Waals surface area contributed by atoms with Gasteiger partial charge in [-0.3, -0.25) is 4.79 Å². The molecule has 1 amide bonds. The first kappa shape index (κ1) is 11.8. The topological polar surface area (TPSA) is 46.3 Å². The predicted molar refractivity (Wildman–Crippen MR) is 54.0 cm³/mol. The summed E-state index contributed by atoms with van der Waals surface area (Å²) in [6.07, 6.45) is 2.67. The van der Waals surface area contributed by atoms with Crippen LogP contribution >= 0.6 is 11.8 Å². The molecule has 0 aromatic heterocycles. The van der Waals surface area contributed by atoms with Gasteiger partial charge in [0.1, 0.15) is 0 Å².